The quantitative estimate of drug-likeness (QED) is 0.842. The topological polar surface area (TPSA) is 57.7 Å². The van der Waals surface area contributed by atoms with Crippen LogP contribution in [0.25, 0.3) is 0 Å². The average molecular weight is 324 g/mol. The summed E-state index contributed by atoms with van der Waals surface area (Å²) in [6.07, 6.45) is 1.16. The number of sulfone groups is 1. The first-order valence-electron chi connectivity index (χ1n) is 7.59. The SMILES string of the molecule is CC(C)CN1CCN(C(=O)c2ccc(S(C)(=O)=O)cc2)CC1. The number of piperazine rings is 1. The summed E-state index contributed by atoms with van der Waals surface area (Å²) in [5.74, 6) is 0.607. The monoisotopic (exact) mass is 324 g/mol. The van der Waals surface area contributed by atoms with E-state index < -0.39 is 9.84 Å². The Labute approximate surface area is 132 Å². The van der Waals surface area contributed by atoms with Gasteiger partial charge in [-0.2, -0.15) is 0 Å². The lowest BCUT2D eigenvalue weighted by Gasteiger charge is -2.35. The van der Waals surface area contributed by atoms with Gasteiger partial charge in [0.05, 0.1) is 4.90 Å². The van der Waals surface area contributed by atoms with Crippen LogP contribution in [-0.4, -0.2) is 63.1 Å². The van der Waals surface area contributed by atoms with E-state index in [2.05, 4.69) is 18.7 Å². The van der Waals surface area contributed by atoms with Gasteiger partial charge < -0.3 is 4.90 Å². The van der Waals surface area contributed by atoms with Gasteiger partial charge in [-0.3, -0.25) is 9.69 Å². The van der Waals surface area contributed by atoms with Crippen molar-refractivity contribution >= 4 is 15.7 Å². The van der Waals surface area contributed by atoms with E-state index in [0.29, 0.717) is 11.5 Å². The van der Waals surface area contributed by atoms with Crippen molar-refractivity contribution in [1.29, 1.82) is 0 Å². The highest BCUT2D eigenvalue weighted by molar-refractivity contribution is 7.90. The standard InChI is InChI=1S/C16H24N2O3S/c1-13(2)12-17-8-10-18(11-9-17)16(19)14-4-6-15(7-5-14)22(3,20)21/h4-7,13H,8-12H2,1-3H3. The molecule has 1 fully saturated rings. The molecule has 122 valence electrons. The maximum Gasteiger partial charge on any atom is 0.253 e. The first-order chi connectivity index (χ1) is 10.3. The second kappa shape index (κ2) is 6.79. The second-order valence-corrected chi connectivity index (χ2v) is 8.30. The normalized spacial score (nSPS) is 17.0. The summed E-state index contributed by atoms with van der Waals surface area (Å²) >= 11 is 0. The Morgan fingerprint density at radius 1 is 1.09 bits per heavy atom. The summed E-state index contributed by atoms with van der Waals surface area (Å²) in [5, 5.41) is 0. The molecule has 1 aliphatic heterocycles. The third-order valence-corrected chi connectivity index (χ3v) is 4.94. The lowest BCUT2D eigenvalue weighted by molar-refractivity contribution is 0.0623. The van der Waals surface area contributed by atoms with Gasteiger partial charge in [-0.1, -0.05) is 13.8 Å². The number of benzene rings is 1. The maximum absolute atomic E-state index is 12.4. The lowest BCUT2D eigenvalue weighted by atomic mass is 10.1. The molecule has 1 heterocycles. The fourth-order valence-corrected chi connectivity index (χ4v) is 3.31. The van der Waals surface area contributed by atoms with Crippen molar-refractivity contribution in [2.45, 2.75) is 18.7 Å². The Kier molecular flexibility index (Phi) is 5.24. The fourth-order valence-electron chi connectivity index (χ4n) is 2.68. The van der Waals surface area contributed by atoms with Crippen LogP contribution in [0.15, 0.2) is 29.2 Å². The van der Waals surface area contributed by atoms with Crippen molar-refractivity contribution in [3.05, 3.63) is 29.8 Å². The van der Waals surface area contributed by atoms with Crippen LogP contribution in [0.5, 0.6) is 0 Å². The van der Waals surface area contributed by atoms with Gasteiger partial charge in [-0.25, -0.2) is 8.42 Å². The largest absolute Gasteiger partial charge is 0.336 e. The van der Waals surface area contributed by atoms with Crippen LogP contribution in [0, 0.1) is 5.92 Å². The molecule has 0 aromatic heterocycles. The van der Waals surface area contributed by atoms with Gasteiger partial charge in [0.2, 0.25) is 0 Å². The number of hydrogen-bond acceptors (Lipinski definition) is 4. The van der Waals surface area contributed by atoms with E-state index in [-0.39, 0.29) is 10.8 Å². The molecule has 0 radical (unpaired) electrons. The highest BCUT2D eigenvalue weighted by Crippen LogP contribution is 2.14. The van der Waals surface area contributed by atoms with E-state index in [1.165, 1.54) is 12.1 Å². The van der Waals surface area contributed by atoms with Gasteiger partial charge >= 0.3 is 0 Å². The van der Waals surface area contributed by atoms with Crippen LogP contribution in [0.3, 0.4) is 0 Å². The predicted octanol–water partition coefficient (Wildman–Crippen LogP) is 1.50. The third-order valence-electron chi connectivity index (χ3n) is 3.81. The molecule has 1 aliphatic rings. The Hall–Kier alpha value is -1.40. The molecular formula is C16H24N2O3S. The number of nitrogens with zero attached hydrogens (tertiary/aromatic N) is 2. The predicted molar refractivity (Wildman–Crippen MR) is 86.7 cm³/mol. The number of amides is 1. The van der Waals surface area contributed by atoms with E-state index in [9.17, 15) is 13.2 Å². The molecule has 6 heteroatoms. The van der Waals surface area contributed by atoms with Crippen molar-refractivity contribution in [2.75, 3.05) is 39.0 Å². The van der Waals surface area contributed by atoms with Crippen molar-refractivity contribution in [1.82, 2.24) is 9.80 Å². The number of rotatable bonds is 4. The summed E-state index contributed by atoms with van der Waals surface area (Å²) in [6.45, 7) is 8.68. The van der Waals surface area contributed by atoms with Gasteiger partial charge in [0.25, 0.3) is 5.91 Å². The number of carbonyl (C=O) groups is 1. The minimum atomic E-state index is -3.22. The summed E-state index contributed by atoms with van der Waals surface area (Å²) in [6, 6.07) is 6.19. The van der Waals surface area contributed by atoms with Gasteiger partial charge in [-0.15, -0.1) is 0 Å². The smallest absolute Gasteiger partial charge is 0.253 e. The molecule has 0 bridgehead atoms. The van der Waals surface area contributed by atoms with Crippen molar-refractivity contribution in [3.8, 4) is 0 Å². The highest BCUT2D eigenvalue weighted by Gasteiger charge is 2.22. The zero-order valence-electron chi connectivity index (χ0n) is 13.4. The van der Waals surface area contributed by atoms with Crippen LogP contribution in [0.4, 0.5) is 0 Å². The zero-order chi connectivity index (χ0) is 16.3. The van der Waals surface area contributed by atoms with Crippen LogP contribution < -0.4 is 0 Å². The van der Waals surface area contributed by atoms with E-state index >= 15 is 0 Å². The Balaban J connectivity index is 1.98. The van der Waals surface area contributed by atoms with Crippen LogP contribution in [-0.2, 0) is 9.84 Å². The van der Waals surface area contributed by atoms with Crippen LogP contribution >= 0.6 is 0 Å². The molecule has 1 aromatic carbocycles. The zero-order valence-corrected chi connectivity index (χ0v) is 14.3. The van der Waals surface area contributed by atoms with Gasteiger partial charge in [0.1, 0.15) is 0 Å². The first kappa shape index (κ1) is 17.0. The minimum Gasteiger partial charge on any atom is -0.336 e. The molecule has 0 atom stereocenters. The molecule has 0 unspecified atom stereocenters. The molecule has 0 saturated carbocycles. The maximum atomic E-state index is 12.4. The van der Waals surface area contributed by atoms with Crippen LogP contribution in [0.2, 0.25) is 0 Å². The molecule has 1 saturated heterocycles. The molecule has 2 rings (SSSR count). The van der Waals surface area contributed by atoms with E-state index in [4.69, 9.17) is 0 Å². The Morgan fingerprint density at radius 3 is 2.09 bits per heavy atom. The van der Waals surface area contributed by atoms with E-state index in [0.717, 1.165) is 39.0 Å². The van der Waals surface area contributed by atoms with Gasteiger partial charge in [0, 0.05) is 44.5 Å². The summed E-state index contributed by atoms with van der Waals surface area (Å²) in [4.78, 5) is 16.9. The molecule has 5 nitrogen and oxygen atoms in total. The highest BCUT2D eigenvalue weighted by atomic mass is 32.2. The molecule has 22 heavy (non-hydrogen) atoms. The summed E-state index contributed by atoms with van der Waals surface area (Å²) in [7, 11) is -3.22. The van der Waals surface area contributed by atoms with Crippen molar-refractivity contribution in [2.24, 2.45) is 5.92 Å². The van der Waals surface area contributed by atoms with Crippen molar-refractivity contribution < 1.29 is 13.2 Å². The van der Waals surface area contributed by atoms with Gasteiger partial charge in [-0.05, 0) is 30.2 Å². The number of hydrogen-bond donors (Lipinski definition) is 0. The third kappa shape index (κ3) is 4.30. The van der Waals surface area contributed by atoms with Crippen LogP contribution in [0.1, 0.15) is 24.2 Å². The minimum absolute atomic E-state index is 0.0238. The molecule has 0 spiro atoms. The number of carbonyl (C=O) groups excluding carboxylic acids is 1. The Morgan fingerprint density at radius 2 is 1.64 bits per heavy atom. The Bertz CT molecular complexity index is 615. The lowest BCUT2D eigenvalue weighted by Crippen LogP contribution is -2.49. The average Bonchev–Trinajstić information content (AvgIpc) is 2.46. The summed E-state index contributed by atoms with van der Waals surface area (Å²) < 4.78 is 22.9. The molecule has 0 N–H and O–H groups in total. The molecule has 0 aliphatic carbocycles. The molecule has 1 aromatic rings. The first-order valence-corrected chi connectivity index (χ1v) is 9.48. The van der Waals surface area contributed by atoms with E-state index in [1.807, 2.05) is 4.90 Å². The summed E-state index contributed by atoms with van der Waals surface area (Å²) in [5.41, 5.74) is 0.546. The molecule has 1 amide bonds. The van der Waals surface area contributed by atoms with Crippen molar-refractivity contribution in [3.63, 3.8) is 0 Å². The van der Waals surface area contributed by atoms with Gasteiger partial charge in [0.15, 0.2) is 9.84 Å². The van der Waals surface area contributed by atoms with E-state index in [1.54, 1.807) is 12.1 Å². The molecular weight excluding hydrogens is 300 g/mol. The fraction of sp³-hybridized carbons (Fsp3) is 0.562. The second-order valence-electron chi connectivity index (χ2n) is 6.28.